The highest BCUT2D eigenvalue weighted by Gasteiger charge is 2.26. The standard InChI is InChI=1S/C26H25N3O5/c1-4-24(30)33-16-28(14-13-17(2)23-15-19-9-5-8-12-22(19)34-23)26(31)25-18(3)29(32)21-11-7-6-10-20(21)27-25/h5-13,15H,4,14,16H2,1-3H3. The Morgan fingerprint density at radius 2 is 1.91 bits per heavy atom. The quantitative estimate of drug-likeness (QED) is 0.176. The van der Waals surface area contributed by atoms with Gasteiger partial charge in [-0.05, 0) is 30.7 Å². The van der Waals surface area contributed by atoms with Crippen LogP contribution in [0.15, 0.2) is 65.1 Å². The molecule has 8 heteroatoms. The molecule has 0 atom stereocenters. The van der Waals surface area contributed by atoms with Gasteiger partial charge in [0.05, 0.1) is 0 Å². The Morgan fingerprint density at radius 3 is 2.68 bits per heavy atom. The van der Waals surface area contributed by atoms with Crippen LogP contribution in [0.4, 0.5) is 0 Å². The predicted molar refractivity (Wildman–Crippen MR) is 128 cm³/mol. The number of fused-ring (bicyclic) bond motifs is 2. The molecule has 0 saturated carbocycles. The van der Waals surface area contributed by atoms with Crippen molar-refractivity contribution in [2.75, 3.05) is 13.3 Å². The van der Waals surface area contributed by atoms with Crippen molar-refractivity contribution in [1.29, 1.82) is 0 Å². The first-order chi connectivity index (χ1) is 16.4. The number of nitrogens with zero attached hydrogens (tertiary/aromatic N) is 3. The molecule has 8 nitrogen and oxygen atoms in total. The number of benzene rings is 2. The van der Waals surface area contributed by atoms with Crippen molar-refractivity contribution in [2.24, 2.45) is 0 Å². The van der Waals surface area contributed by atoms with Gasteiger partial charge in [0.25, 0.3) is 5.91 Å². The molecule has 34 heavy (non-hydrogen) atoms. The highest BCUT2D eigenvalue weighted by Crippen LogP contribution is 2.24. The number of aromatic nitrogens is 2. The van der Waals surface area contributed by atoms with Gasteiger partial charge in [-0.15, -0.1) is 0 Å². The minimum absolute atomic E-state index is 0.0102. The van der Waals surface area contributed by atoms with E-state index in [-0.39, 0.29) is 31.1 Å². The van der Waals surface area contributed by atoms with Gasteiger partial charge in [0.1, 0.15) is 16.9 Å². The van der Waals surface area contributed by atoms with E-state index in [4.69, 9.17) is 9.15 Å². The summed E-state index contributed by atoms with van der Waals surface area (Å²) < 4.78 is 11.8. The number of carbonyl (C=O) groups is 2. The Kier molecular flexibility index (Phi) is 6.58. The largest absolute Gasteiger partial charge is 0.618 e. The fourth-order valence-corrected chi connectivity index (χ4v) is 3.53. The molecule has 1 amide bonds. The van der Waals surface area contributed by atoms with E-state index in [2.05, 4.69) is 4.98 Å². The summed E-state index contributed by atoms with van der Waals surface area (Å²) in [6.45, 7) is 4.97. The summed E-state index contributed by atoms with van der Waals surface area (Å²) in [5, 5.41) is 13.7. The van der Waals surface area contributed by atoms with E-state index in [0.29, 0.717) is 21.5 Å². The molecule has 2 aromatic carbocycles. The van der Waals surface area contributed by atoms with Gasteiger partial charge in [-0.2, -0.15) is 4.73 Å². The molecule has 0 fully saturated rings. The fourth-order valence-electron chi connectivity index (χ4n) is 3.53. The summed E-state index contributed by atoms with van der Waals surface area (Å²) >= 11 is 0. The Hall–Kier alpha value is -4.20. The van der Waals surface area contributed by atoms with Crippen LogP contribution in [0.5, 0.6) is 0 Å². The molecule has 0 saturated heterocycles. The van der Waals surface area contributed by atoms with E-state index < -0.39 is 11.9 Å². The second-order valence-corrected chi connectivity index (χ2v) is 7.89. The molecular formula is C26H25N3O5. The molecule has 2 heterocycles. The summed E-state index contributed by atoms with van der Waals surface area (Å²) in [5.41, 5.74) is 2.56. The molecule has 0 spiro atoms. The van der Waals surface area contributed by atoms with Gasteiger partial charge < -0.3 is 19.3 Å². The zero-order valence-electron chi connectivity index (χ0n) is 19.3. The molecular weight excluding hydrogens is 434 g/mol. The van der Waals surface area contributed by atoms with Gasteiger partial charge in [-0.25, -0.2) is 4.98 Å². The molecule has 4 aromatic rings. The molecule has 0 aliphatic heterocycles. The van der Waals surface area contributed by atoms with E-state index in [9.17, 15) is 14.8 Å². The summed E-state index contributed by atoms with van der Waals surface area (Å²) in [4.78, 5) is 31.0. The third-order valence-electron chi connectivity index (χ3n) is 5.57. The summed E-state index contributed by atoms with van der Waals surface area (Å²) in [7, 11) is 0. The van der Waals surface area contributed by atoms with Crippen molar-refractivity contribution in [1.82, 2.24) is 9.88 Å². The van der Waals surface area contributed by atoms with Crippen LogP contribution in [-0.2, 0) is 9.53 Å². The summed E-state index contributed by atoms with van der Waals surface area (Å²) in [6.07, 6.45) is 2.00. The van der Waals surface area contributed by atoms with E-state index in [1.807, 2.05) is 43.3 Å². The van der Waals surface area contributed by atoms with Gasteiger partial charge in [-0.3, -0.25) is 9.59 Å². The Labute approximate surface area is 196 Å². The lowest BCUT2D eigenvalue weighted by Crippen LogP contribution is -2.40. The Morgan fingerprint density at radius 1 is 1.18 bits per heavy atom. The van der Waals surface area contributed by atoms with E-state index in [0.717, 1.165) is 16.5 Å². The number of esters is 1. The summed E-state index contributed by atoms with van der Waals surface area (Å²) in [5.74, 6) is -0.264. The first kappa shape index (κ1) is 23.0. The topological polar surface area (TPSA) is 99.6 Å². The fraction of sp³-hybridized carbons (Fsp3) is 0.231. The van der Waals surface area contributed by atoms with Crippen molar-refractivity contribution in [3.8, 4) is 0 Å². The lowest BCUT2D eigenvalue weighted by molar-refractivity contribution is -0.584. The number of amides is 1. The maximum Gasteiger partial charge on any atom is 0.307 e. The smallest absolute Gasteiger partial charge is 0.307 e. The Balaban J connectivity index is 1.64. The predicted octanol–water partition coefficient (Wildman–Crippen LogP) is 4.38. The molecule has 0 aliphatic rings. The highest BCUT2D eigenvalue weighted by molar-refractivity contribution is 5.94. The number of hydrogen-bond donors (Lipinski definition) is 0. The first-order valence-corrected chi connectivity index (χ1v) is 11.0. The van der Waals surface area contributed by atoms with E-state index in [1.165, 1.54) is 4.90 Å². The average molecular weight is 460 g/mol. The van der Waals surface area contributed by atoms with Crippen LogP contribution in [0.2, 0.25) is 0 Å². The zero-order valence-corrected chi connectivity index (χ0v) is 19.3. The molecule has 0 radical (unpaired) electrons. The second kappa shape index (κ2) is 9.74. The van der Waals surface area contributed by atoms with Crippen molar-refractivity contribution >= 4 is 39.5 Å². The number of allylic oxidation sites excluding steroid dienone is 1. The molecule has 2 aromatic heterocycles. The minimum atomic E-state index is -0.509. The molecule has 0 N–H and O–H groups in total. The lowest BCUT2D eigenvalue weighted by Gasteiger charge is -2.21. The summed E-state index contributed by atoms with van der Waals surface area (Å²) in [6, 6.07) is 16.4. The van der Waals surface area contributed by atoms with Crippen LogP contribution in [-0.4, -0.2) is 35.0 Å². The highest BCUT2D eigenvalue weighted by atomic mass is 16.5. The Bertz CT molecular complexity index is 1370. The van der Waals surface area contributed by atoms with Crippen molar-refractivity contribution in [2.45, 2.75) is 27.2 Å². The van der Waals surface area contributed by atoms with Crippen LogP contribution >= 0.6 is 0 Å². The third kappa shape index (κ3) is 4.61. The molecule has 0 unspecified atom stereocenters. The van der Waals surface area contributed by atoms with Crippen LogP contribution in [0, 0.1) is 12.1 Å². The maximum atomic E-state index is 13.4. The average Bonchev–Trinajstić information content (AvgIpc) is 3.30. The van der Waals surface area contributed by atoms with Crippen molar-refractivity contribution < 1.29 is 23.5 Å². The minimum Gasteiger partial charge on any atom is -0.618 e. The monoisotopic (exact) mass is 459 g/mol. The van der Waals surface area contributed by atoms with Crippen molar-refractivity contribution in [3.63, 3.8) is 0 Å². The molecule has 4 rings (SSSR count). The molecule has 174 valence electrons. The van der Waals surface area contributed by atoms with Gasteiger partial charge in [-0.1, -0.05) is 43.3 Å². The van der Waals surface area contributed by atoms with E-state index in [1.54, 1.807) is 38.1 Å². The van der Waals surface area contributed by atoms with Crippen LogP contribution in [0.3, 0.4) is 0 Å². The number of para-hydroxylation sites is 3. The number of hydrogen-bond acceptors (Lipinski definition) is 6. The number of furan rings is 1. The van der Waals surface area contributed by atoms with Gasteiger partial charge >= 0.3 is 5.97 Å². The zero-order chi connectivity index (χ0) is 24.2. The van der Waals surface area contributed by atoms with E-state index >= 15 is 0 Å². The normalized spacial score (nSPS) is 11.7. The van der Waals surface area contributed by atoms with Crippen molar-refractivity contribution in [3.05, 3.63) is 83.0 Å². The van der Waals surface area contributed by atoms with Gasteiger partial charge in [0.15, 0.2) is 12.4 Å². The number of ether oxygens (including phenoxy) is 1. The van der Waals surface area contributed by atoms with Crippen LogP contribution < -0.4 is 4.73 Å². The lowest BCUT2D eigenvalue weighted by atomic mass is 10.2. The first-order valence-electron chi connectivity index (χ1n) is 11.0. The third-order valence-corrected chi connectivity index (χ3v) is 5.57. The van der Waals surface area contributed by atoms with Crippen LogP contribution in [0.25, 0.3) is 27.6 Å². The van der Waals surface area contributed by atoms with Gasteiger partial charge in [0.2, 0.25) is 11.2 Å². The molecule has 0 bridgehead atoms. The number of carbonyl (C=O) groups excluding carboxylic acids is 2. The SMILES string of the molecule is CCC(=O)OCN(CC=C(C)c1cc2ccccc2o1)C(=O)c1nc2ccccc2[n+]([O-])c1C. The molecule has 0 aliphatic carbocycles. The van der Waals surface area contributed by atoms with Gasteiger partial charge in [0, 0.05) is 31.3 Å². The number of rotatable bonds is 7. The van der Waals surface area contributed by atoms with Crippen LogP contribution in [0.1, 0.15) is 42.2 Å². The second-order valence-electron chi connectivity index (χ2n) is 7.89. The maximum absolute atomic E-state index is 13.4.